The molecule has 2 N–H and O–H groups in total. The van der Waals surface area contributed by atoms with E-state index in [1.165, 1.54) is 11.3 Å². The summed E-state index contributed by atoms with van der Waals surface area (Å²) in [7, 11) is -3.30. The van der Waals surface area contributed by atoms with Crippen LogP contribution < -0.4 is 10.0 Å². The largest absolute Gasteiger partial charge is 0.316 e. The molecule has 0 saturated carbocycles. The predicted octanol–water partition coefficient (Wildman–Crippen LogP) is 1.62. The Balaban J connectivity index is 0.00000162. The monoisotopic (exact) mass is 310 g/mol. The van der Waals surface area contributed by atoms with Gasteiger partial charge in [0.25, 0.3) is 0 Å². The Morgan fingerprint density at radius 2 is 2.28 bits per heavy atom. The van der Waals surface area contributed by atoms with Gasteiger partial charge in [-0.1, -0.05) is 6.92 Å². The van der Waals surface area contributed by atoms with Crippen molar-refractivity contribution in [3.05, 3.63) is 17.0 Å². The van der Waals surface area contributed by atoms with Crippen molar-refractivity contribution in [2.24, 2.45) is 5.92 Å². The normalized spacial score (nSPS) is 19.7. The number of nitrogens with one attached hydrogen (secondary N) is 2. The first-order valence-corrected chi connectivity index (χ1v) is 8.21. The molecule has 0 aliphatic carbocycles. The standard InChI is InChI=1S/C11H18N2O2S2.ClH/c1-2-10-3-4-11(16-10)17(14,15)13-8-9-5-6-12-7-9;/h3-4,9,12-13H,2,5-8H2,1H3;1H. The fraction of sp³-hybridized carbons (Fsp3) is 0.636. The maximum Gasteiger partial charge on any atom is 0.250 e. The van der Waals surface area contributed by atoms with Crippen molar-refractivity contribution in [3.63, 3.8) is 0 Å². The molecule has 4 nitrogen and oxygen atoms in total. The van der Waals surface area contributed by atoms with Gasteiger partial charge in [-0.2, -0.15) is 0 Å². The minimum absolute atomic E-state index is 0. The third-order valence-electron chi connectivity index (χ3n) is 2.97. The van der Waals surface area contributed by atoms with Gasteiger partial charge in [0, 0.05) is 11.4 Å². The smallest absolute Gasteiger partial charge is 0.250 e. The number of aryl methyl sites for hydroxylation is 1. The van der Waals surface area contributed by atoms with E-state index in [0.717, 1.165) is 30.8 Å². The Morgan fingerprint density at radius 3 is 2.83 bits per heavy atom. The molecular formula is C11H19ClN2O2S2. The van der Waals surface area contributed by atoms with Crippen LogP contribution in [0.5, 0.6) is 0 Å². The SMILES string of the molecule is CCc1ccc(S(=O)(=O)NCC2CCNC2)s1.Cl. The number of thiophene rings is 1. The molecule has 0 aromatic carbocycles. The molecule has 0 radical (unpaired) electrons. The first-order valence-electron chi connectivity index (χ1n) is 5.91. The summed E-state index contributed by atoms with van der Waals surface area (Å²) < 4.78 is 27.1. The van der Waals surface area contributed by atoms with E-state index in [1.54, 1.807) is 6.07 Å². The van der Waals surface area contributed by atoms with E-state index in [1.807, 2.05) is 13.0 Å². The van der Waals surface area contributed by atoms with Crippen LogP contribution in [0.15, 0.2) is 16.3 Å². The predicted molar refractivity (Wildman–Crippen MR) is 77.1 cm³/mol. The number of halogens is 1. The van der Waals surface area contributed by atoms with Gasteiger partial charge in [-0.25, -0.2) is 13.1 Å². The maximum absolute atomic E-state index is 12.0. The molecule has 1 fully saturated rings. The molecule has 104 valence electrons. The minimum Gasteiger partial charge on any atom is -0.316 e. The maximum atomic E-state index is 12.0. The van der Waals surface area contributed by atoms with Crippen molar-refractivity contribution >= 4 is 33.8 Å². The number of sulfonamides is 1. The van der Waals surface area contributed by atoms with Gasteiger partial charge in [0.05, 0.1) is 0 Å². The highest BCUT2D eigenvalue weighted by atomic mass is 35.5. The van der Waals surface area contributed by atoms with Crippen LogP contribution in [0.4, 0.5) is 0 Å². The van der Waals surface area contributed by atoms with Crippen molar-refractivity contribution in [2.45, 2.75) is 24.0 Å². The van der Waals surface area contributed by atoms with Crippen molar-refractivity contribution in [2.75, 3.05) is 19.6 Å². The van der Waals surface area contributed by atoms with Crippen LogP contribution in [0.3, 0.4) is 0 Å². The Morgan fingerprint density at radius 1 is 1.50 bits per heavy atom. The van der Waals surface area contributed by atoms with E-state index in [0.29, 0.717) is 16.7 Å². The van der Waals surface area contributed by atoms with Crippen LogP contribution in [0.2, 0.25) is 0 Å². The second kappa shape index (κ2) is 6.86. The van der Waals surface area contributed by atoms with Gasteiger partial charge in [0.15, 0.2) is 0 Å². The van der Waals surface area contributed by atoms with Crippen LogP contribution in [-0.4, -0.2) is 28.1 Å². The van der Waals surface area contributed by atoms with E-state index in [4.69, 9.17) is 0 Å². The van der Waals surface area contributed by atoms with Gasteiger partial charge in [0.2, 0.25) is 10.0 Å². The topological polar surface area (TPSA) is 58.2 Å². The molecule has 1 atom stereocenters. The van der Waals surface area contributed by atoms with Gasteiger partial charge in [-0.05, 0) is 44.0 Å². The molecule has 1 saturated heterocycles. The summed E-state index contributed by atoms with van der Waals surface area (Å²) >= 11 is 1.36. The van der Waals surface area contributed by atoms with Gasteiger partial charge in [0.1, 0.15) is 4.21 Å². The summed E-state index contributed by atoms with van der Waals surface area (Å²) in [6.45, 7) is 4.47. The van der Waals surface area contributed by atoms with Crippen LogP contribution in [0, 0.1) is 5.92 Å². The lowest BCUT2D eigenvalue weighted by molar-refractivity contribution is 0.540. The Bertz CT molecular complexity index is 467. The Hall–Kier alpha value is -0.140. The van der Waals surface area contributed by atoms with Crippen molar-refractivity contribution in [3.8, 4) is 0 Å². The molecule has 1 aromatic rings. The first kappa shape index (κ1) is 15.9. The highest BCUT2D eigenvalue weighted by Gasteiger charge is 2.20. The lowest BCUT2D eigenvalue weighted by Crippen LogP contribution is -2.29. The van der Waals surface area contributed by atoms with Crippen molar-refractivity contribution in [1.29, 1.82) is 0 Å². The average molecular weight is 311 g/mol. The lowest BCUT2D eigenvalue weighted by Gasteiger charge is -2.09. The molecule has 1 aromatic heterocycles. The van der Waals surface area contributed by atoms with Gasteiger partial charge in [-0.3, -0.25) is 0 Å². The second-order valence-corrected chi connectivity index (χ2v) is 7.45. The first-order chi connectivity index (χ1) is 8.12. The highest BCUT2D eigenvalue weighted by molar-refractivity contribution is 7.91. The van der Waals surface area contributed by atoms with Gasteiger partial charge < -0.3 is 5.32 Å². The summed E-state index contributed by atoms with van der Waals surface area (Å²) in [6.07, 6.45) is 1.93. The zero-order chi connectivity index (χ0) is 12.3. The molecule has 1 unspecified atom stereocenters. The van der Waals surface area contributed by atoms with Crippen LogP contribution in [0.1, 0.15) is 18.2 Å². The number of rotatable bonds is 5. The molecular weight excluding hydrogens is 292 g/mol. The zero-order valence-electron chi connectivity index (χ0n) is 10.3. The molecule has 1 aliphatic rings. The van der Waals surface area contributed by atoms with Crippen LogP contribution >= 0.6 is 23.7 Å². The second-order valence-electron chi connectivity index (χ2n) is 4.29. The molecule has 0 spiro atoms. The van der Waals surface area contributed by atoms with Crippen molar-refractivity contribution < 1.29 is 8.42 Å². The highest BCUT2D eigenvalue weighted by Crippen LogP contribution is 2.22. The van der Waals surface area contributed by atoms with E-state index < -0.39 is 10.0 Å². The minimum atomic E-state index is -3.30. The summed E-state index contributed by atoms with van der Waals surface area (Å²) in [6, 6.07) is 3.58. The number of hydrogen-bond acceptors (Lipinski definition) is 4. The van der Waals surface area contributed by atoms with Gasteiger partial charge in [-0.15, -0.1) is 23.7 Å². The van der Waals surface area contributed by atoms with Crippen LogP contribution in [-0.2, 0) is 16.4 Å². The number of hydrogen-bond donors (Lipinski definition) is 2. The molecule has 2 heterocycles. The average Bonchev–Trinajstić information content (AvgIpc) is 2.98. The molecule has 2 rings (SSSR count). The molecule has 0 amide bonds. The van der Waals surface area contributed by atoms with Crippen LogP contribution in [0.25, 0.3) is 0 Å². The third-order valence-corrected chi connectivity index (χ3v) is 6.12. The van der Waals surface area contributed by atoms with Crippen molar-refractivity contribution in [1.82, 2.24) is 10.0 Å². The fourth-order valence-corrected chi connectivity index (χ4v) is 4.34. The fourth-order valence-electron chi connectivity index (χ4n) is 1.88. The van der Waals surface area contributed by atoms with E-state index in [-0.39, 0.29) is 12.4 Å². The third kappa shape index (κ3) is 3.93. The van der Waals surface area contributed by atoms with Gasteiger partial charge >= 0.3 is 0 Å². The summed E-state index contributed by atoms with van der Waals surface area (Å²) in [4.78, 5) is 1.10. The quantitative estimate of drug-likeness (QED) is 0.869. The van der Waals surface area contributed by atoms with E-state index >= 15 is 0 Å². The Kier molecular flexibility index (Phi) is 6.07. The molecule has 7 heteroatoms. The summed E-state index contributed by atoms with van der Waals surface area (Å²) in [5.74, 6) is 0.426. The van der Waals surface area contributed by atoms with E-state index in [2.05, 4.69) is 10.0 Å². The van der Waals surface area contributed by atoms with E-state index in [9.17, 15) is 8.42 Å². The molecule has 0 bridgehead atoms. The zero-order valence-corrected chi connectivity index (χ0v) is 12.8. The Labute approximate surface area is 119 Å². The summed E-state index contributed by atoms with van der Waals surface area (Å²) in [5.41, 5.74) is 0. The summed E-state index contributed by atoms with van der Waals surface area (Å²) in [5, 5.41) is 3.23. The molecule has 1 aliphatic heterocycles. The lowest BCUT2D eigenvalue weighted by atomic mass is 10.1. The molecule has 18 heavy (non-hydrogen) atoms.